The molecule has 1 heterocycles. The van der Waals surface area contributed by atoms with E-state index in [0.717, 1.165) is 17.5 Å². The van der Waals surface area contributed by atoms with Gasteiger partial charge in [0.15, 0.2) is 0 Å². The van der Waals surface area contributed by atoms with Gasteiger partial charge in [0.2, 0.25) is 0 Å². The van der Waals surface area contributed by atoms with Gasteiger partial charge in [-0.2, -0.15) is 0 Å². The zero-order valence-electron chi connectivity index (χ0n) is 11.4. The van der Waals surface area contributed by atoms with Gasteiger partial charge in [0.05, 0.1) is 10.4 Å². The van der Waals surface area contributed by atoms with Crippen LogP contribution in [0.4, 0.5) is 0 Å². The summed E-state index contributed by atoms with van der Waals surface area (Å²) >= 11 is 6.18. The van der Waals surface area contributed by atoms with Gasteiger partial charge in [0, 0.05) is 11.4 Å². The smallest absolute Gasteiger partial charge is 0.264 e. The van der Waals surface area contributed by atoms with Crippen molar-refractivity contribution in [2.75, 3.05) is 0 Å². The van der Waals surface area contributed by atoms with Gasteiger partial charge in [0.25, 0.3) is 5.56 Å². The first-order valence-corrected chi connectivity index (χ1v) is 6.80. The van der Waals surface area contributed by atoms with Crippen molar-refractivity contribution in [3.8, 4) is 0 Å². The van der Waals surface area contributed by atoms with Gasteiger partial charge in [-0.25, -0.2) is 0 Å². The van der Waals surface area contributed by atoms with Crippen LogP contribution in [-0.2, 0) is 6.42 Å². The molecule has 2 aromatic rings. The molecular weight excluding hydrogens is 270 g/mol. The molecule has 2 rings (SSSR count). The maximum absolute atomic E-state index is 12.8. The van der Waals surface area contributed by atoms with Gasteiger partial charge in [-0.1, -0.05) is 49.9 Å². The van der Waals surface area contributed by atoms with Crippen molar-refractivity contribution >= 4 is 28.1 Å². The van der Waals surface area contributed by atoms with Crippen molar-refractivity contribution < 1.29 is 0 Å². The standard InChI is InChI=1S/C17H16ClNO/c1-4-8-13(5-2)19-14(6-3)11-12-9-7-10-15(18)16(12)17(19)20/h4-5,7-11H,1-2,6H2,3H3/b13-8+. The third-order valence-electron chi connectivity index (χ3n) is 3.19. The van der Waals surface area contributed by atoms with Crippen LogP contribution in [0.25, 0.3) is 16.5 Å². The maximum Gasteiger partial charge on any atom is 0.264 e. The van der Waals surface area contributed by atoms with Crippen molar-refractivity contribution in [1.82, 2.24) is 4.57 Å². The summed E-state index contributed by atoms with van der Waals surface area (Å²) in [6, 6.07) is 7.47. The van der Waals surface area contributed by atoms with Gasteiger partial charge in [-0.05, 0) is 36.1 Å². The number of pyridine rings is 1. The van der Waals surface area contributed by atoms with E-state index in [4.69, 9.17) is 11.6 Å². The van der Waals surface area contributed by atoms with Crippen LogP contribution in [0.3, 0.4) is 0 Å². The molecule has 0 N–H and O–H groups in total. The molecule has 0 unspecified atom stereocenters. The highest BCUT2D eigenvalue weighted by Crippen LogP contribution is 2.22. The molecule has 0 fully saturated rings. The first-order chi connectivity index (χ1) is 9.63. The fourth-order valence-corrected chi connectivity index (χ4v) is 2.53. The van der Waals surface area contributed by atoms with E-state index in [9.17, 15) is 4.79 Å². The summed E-state index contributed by atoms with van der Waals surface area (Å²) in [5, 5.41) is 1.85. The Hall–Kier alpha value is -2.06. The van der Waals surface area contributed by atoms with Gasteiger partial charge >= 0.3 is 0 Å². The number of aryl methyl sites for hydroxylation is 1. The molecule has 0 atom stereocenters. The Bertz CT molecular complexity index is 768. The monoisotopic (exact) mass is 285 g/mol. The number of rotatable bonds is 4. The second kappa shape index (κ2) is 5.93. The van der Waals surface area contributed by atoms with Crippen LogP contribution in [0.5, 0.6) is 0 Å². The summed E-state index contributed by atoms with van der Waals surface area (Å²) in [7, 11) is 0. The topological polar surface area (TPSA) is 22.0 Å². The lowest BCUT2D eigenvalue weighted by molar-refractivity contribution is 0.912. The quantitative estimate of drug-likeness (QED) is 0.762. The summed E-state index contributed by atoms with van der Waals surface area (Å²) in [4.78, 5) is 12.8. The van der Waals surface area contributed by atoms with E-state index in [2.05, 4.69) is 13.2 Å². The number of halogens is 1. The number of nitrogens with zero attached hydrogens (tertiary/aromatic N) is 1. The third kappa shape index (κ3) is 2.35. The molecule has 3 heteroatoms. The predicted molar refractivity (Wildman–Crippen MR) is 87.3 cm³/mol. The molecule has 2 nitrogen and oxygen atoms in total. The molecule has 1 aromatic heterocycles. The largest absolute Gasteiger partial charge is 0.281 e. The molecule has 0 amide bonds. The van der Waals surface area contributed by atoms with E-state index in [-0.39, 0.29) is 5.56 Å². The second-order valence-electron chi connectivity index (χ2n) is 4.37. The van der Waals surface area contributed by atoms with Crippen molar-refractivity contribution in [2.24, 2.45) is 0 Å². The molecule has 0 aliphatic rings. The number of hydrogen-bond donors (Lipinski definition) is 0. The molecule has 1 aromatic carbocycles. The van der Waals surface area contributed by atoms with E-state index in [1.54, 1.807) is 28.9 Å². The number of aromatic nitrogens is 1. The molecule has 0 aliphatic heterocycles. The van der Waals surface area contributed by atoms with Crippen LogP contribution < -0.4 is 5.56 Å². The van der Waals surface area contributed by atoms with Gasteiger partial charge < -0.3 is 0 Å². The summed E-state index contributed by atoms with van der Waals surface area (Å²) in [6.07, 6.45) is 5.78. The number of allylic oxidation sites excluding steroid dienone is 4. The lowest BCUT2D eigenvalue weighted by Gasteiger charge is -2.14. The summed E-state index contributed by atoms with van der Waals surface area (Å²) < 4.78 is 1.64. The van der Waals surface area contributed by atoms with Crippen LogP contribution in [0, 0.1) is 0 Å². The first kappa shape index (κ1) is 14.4. The minimum Gasteiger partial charge on any atom is -0.281 e. The van der Waals surface area contributed by atoms with E-state index in [1.807, 2.05) is 25.1 Å². The number of benzene rings is 1. The number of hydrogen-bond acceptors (Lipinski definition) is 1. The average molecular weight is 286 g/mol. The lowest BCUT2D eigenvalue weighted by atomic mass is 10.1. The van der Waals surface area contributed by atoms with Gasteiger partial charge in [-0.15, -0.1) is 0 Å². The molecule has 20 heavy (non-hydrogen) atoms. The Morgan fingerprint density at radius 3 is 2.75 bits per heavy atom. The lowest BCUT2D eigenvalue weighted by Crippen LogP contribution is -2.22. The molecule has 102 valence electrons. The fourth-order valence-electron chi connectivity index (χ4n) is 2.27. The summed E-state index contributed by atoms with van der Waals surface area (Å²) in [5.74, 6) is 0. The van der Waals surface area contributed by atoms with Gasteiger partial charge in [-0.3, -0.25) is 9.36 Å². The fraction of sp³-hybridized carbons (Fsp3) is 0.118. The van der Waals surface area contributed by atoms with Crippen LogP contribution in [0.2, 0.25) is 5.02 Å². The number of fused-ring (bicyclic) bond motifs is 1. The first-order valence-electron chi connectivity index (χ1n) is 6.42. The van der Waals surface area contributed by atoms with E-state index in [1.165, 1.54) is 0 Å². The summed E-state index contributed by atoms with van der Waals surface area (Å²) in [5.41, 5.74) is 1.49. The van der Waals surface area contributed by atoms with Crippen molar-refractivity contribution in [2.45, 2.75) is 13.3 Å². The zero-order valence-corrected chi connectivity index (χ0v) is 12.2. The van der Waals surface area contributed by atoms with E-state index < -0.39 is 0 Å². The van der Waals surface area contributed by atoms with Gasteiger partial charge in [0.1, 0.15) is 0 Å². The minimum atomic E-state index is -0.127. The molecule has 0 saturated carbocycles. The highest BCUT2D eigenvalue weighted by atomic mass is 35.5. The van der Waals surface area contributed by atoms with Crippen LogP contribution in [0.15, 0.2) is 60.4 Å². The normalized spacial score (nSPS) is 11.6. The maximum atomic E-state index is 12.8. The Balaban J connectivity index is 2.96. The molecule has 0 saturated heterocycles. The van der Waals surface area contributed by atoms with Crippen LogP contribution in [0.1, 0.15) is 12.6 Å². The van der Waals surface area contributed by atoms with Crippen LogP contribution in [-0.4, -0.2) is 4.57 Å². The minimum absolute atomic E-state index is 0.127. The Morgan fingerprint density at radius 2 is 2.15 bits per heavy atom. The Labute approximate surface area is 123 Å². The van der Waals surface area contributed by atoms with Crippen molar-refractivity contribution in [1.29, 1.82) is 0 Å². The molecular formula is C17H16ClNO. The van der Waals surface area contributed by atoms with Crippen molar-refractivity contribution in [3.63, 3.8) is 0 Å². The molecule has 0 spiro atoms. The molecule has 0 bridgehead atoms. The zero-order chi connectivity index (χ0) is 14.7. The van der Waals surface area contributed by atoms with E-state index in [0.29, 0.717) is 16.1 Å². The second-order valence-corrected chi connectivity index (χ2v) is 4.77. The Kier molecular flexibility index (Phi) is 4.26. The average Bonchev–Trinajstić information content (AvgIpc) is 2.45. The molecule has 0 radical (unpaired) electrons. The predicted octanol–water partition coefficient (Wildman–Crippen LogP) is 4.43. The molecule has 0 aliphatic carbocycles. The third-order valence-corrected chi connectivity index (χ3v) is 3.51. The highest BCUT2D eigenvalue weighted by Gasteiger charge is 2.12. The Morgan fingerprint density at radius 1 is 1.40 bits per heavy atom. The highest BCUT2D eigenvalue weighted by molar-refractivity contribution is 6.35. The SMILES string of the molecule is C=C/C=C(\C=C)n1c(CC)cc2cccc(Cl)c2c1=O. The van der Waals surface area contributed by atoms with Crippen molar-refractivity contribution in [3.05, 3.63) is 76.7 Å². The van der Waals surface area contributed by atoms with E-state index >= 15 is 0 Å². The summed E-state index contributed by atoms with van der Waals surface area (Å²) in [6.45, 7) is 9.45. The van der Waals surface area contributed by atoms with Crippen LogP contribution >= 0.6 is 11.6 Å².